The van der Waals surface area contributed by atoms with Crippen LogP contribution in [0.3, 0.4) is 0 Å². The molecule has 28 heavy (non-hydrogen) atoms. The Labute approximate surface area is 178 Å². The molecule has 0 amide bonds. The van der Waals surface area contributed by atoms with E-state index in [0.29, 0.717) is 5.02 Å². The number of imidazole rings is 1. The molecule has 1 aromatic carbocycles. The molecule has 2 aromatic heterocycles. The normalized spacial score (nSPS) is 10.8. The molecule has 3 rings (SSSR count). The molecule has 0 bridgehead atoms. The van der Waals surface area contributed by atoms with Crippen LogP contribution in [-0.4, -0.2) is 34.6 Å². The van der Waals surface area contributed by atoms with Gasteiger partial charge in [-0.25, -0.2) is 9.97 Å². The monoisotopic (exact) mass is 422 g/mol. The van der Waals surface area contributed by atoms with Crippen molar-refractivity contribution in [3.8, 4) is 17.0 Å². The number of aromatic nitrogens is 3. The molecular formula is C21H28Cl2N4O. The second kappa shape index (κ2) is 9.99. The van der Waals surface area contributed by atoms with E-state index in [1.807, 2.05) is 18.2 Å². The number of methoxy groups -OCH3 is 1. The lowest BCUT2D eigenvalue weighted by Crippen LogP contribution is -2.26. The first-order valence-electron chi connectivity index (χ1n) is 9.58. The molecule has 7 heteroatoms. The van der Waals surface area contributed by atoms with Gasteiger partial charge in [-0.05, 0) is 37.5 Å². The molecular weight excluding hydrogens is 395 g/mol. The minimum atomic E-state index is 0. The molecule has 0 unspecified atom stereocenters. The fourth-order valence-electron chi connectivity index (χ4n) is 3.23. The molecule has 0 aliphatic heterocycles. The lowest BCUT2D eigenvalue weighted by molar-refractivity contribution is 0.415. The predicted molar refractivity (Wildman–Crippen MR) is 119 cm³/mol. The highest BCUT2D eigenvalue weighted by Gasteiger charge is 2.17. The number of hydrogen-bond donors (Lipinski definition) is 0. The van der Waals surface area contributed by atoms with Gasteiger partial charge in [0.15, 0.2) is 5.65 Å². The lowest BCUT2D eigenvalue weighted by atomic mass is 10.1. The molecule has 0 saturated carbocycles. The zero-order valence-electron chi connectivity index (χ0n) is 16.9. The Morgan fingerprint density at radius 1 is 1.07 bits per heavy atom. The summed E-state index contributed by atoms with van der Waals surface area (Å²) < 4.78 is 7.37. The van der Waals surface area contributed by atoms with Gasteiger partial charge in [0.2, 0.25) is 0 Å². The molecule has 0 saturated heterocycles. The molecule has 3 aromatic rings. The van der Waals surface area contributed by atoms with Crippen LogP contribution in [0.1, 0.15) is 39.3 Å². The SMILES string of the molecule is CCCN(CCC)c1cn2cc(CC)nc2c(-c2ccc(OC)cc2Cl)n1.Cl. The summed E-state index contributed by atoms with van der Waals surface area (Å²) in [5, 5.41) is 0.611. The average molecular weight is 423 g/mol. The van der Waals surface area contributed by atoms with Crippen molar-refractivity contribution in [3.05, 3.63) is 41.3 Å². The number of anilines is 1. The van der Waals surface area contributed by atoms with Crippen LogP contribution < -0.4 is 9.64 Å². The number of hydrogen-bond acceptors (Lipinski definition) is 4. The van der Waals surface area contributed by atoms with Crippen LogP contribution in [0.2, 0.25) is 5.02 Å². The van der Waals surface area contributed by atoms with E-state index in [2.05, 4.69) is 42.5 Å². The molecule has 0 radical (unpaired) electrons. The molecule has 2 heterocycles. The van der Waals surface area contributed by atoms with Crippen LogP contribution in [0.5, 0.6) is 5.75 Å². The largest absolute Gasteiger partial charge is 0.497 e. The van der Waals surface area contributed by atoms with E-state index in [1.165, 1.54) is 0 Å². The maximum Gasteiger partial charge on any atom is 0.163 e. The van der Waals surface area contributed by atoms with Gasteiger partial charge in [-0.2, -0.15) is 0 Å². The van der Waals surface area contributed by atoms with E-state index in [-0.39, 0.29) is 12.4 Å². The fraction of sp³-hybridized carbons (Fsp3) is 0.429. The first-order valence-corrected chi connectivity index (χ1v) is 9.96. The quantitative estimate of drug-likeness (QED) is 0.468. The summed E-state index contributed by atoms with van der Waals surface area (Å²) in [6, 6.07) is 5.68. The van der Waals surface area contributed by atoms with Crippen molar-refractivity contribution in [2.24, 2.45) is 0 Å². The lowest BCUT2D eigenvalue weighted by Gasteiger charge is -2.23. The maximum atomic E-state index is 6.57. The van der Waals surface area contributed by atoms with Crippen LogP contribution in [-0.2, 0) is 6.42 Å². The van der Waals surface area contributed by atoms with Gasteiger partial charge in [-0.15, -0.1) is 12.4 Å². The molecule has 0 aliphatic rings. The molecule has 5 nitrogen and oxygen atoms in total. The van der Waals surface area contributed by atoms with Crippen LogP contribution in [0.4, 0.5) is 5.82 Å². The van der Waals surface area contributed by atoms with E-state index in [9.17, 15) is 0 Å². The summed E-state index contributed by atoms with van der Waals surface area (Å²) in [5.41, 5.74) is 3.54. The summed E-state index contributed by atoms with van der Waals surface area (Å²) in [6.45, 7) is 8.43. The van der Waals surface area contributed by atoms with E-state index < -0.39 is 0 Å². The third-order valence-corrected chi connectivity index (χ3v) is 4.89. The van der Waals surface area contributed by atoms with Crippen molar-refractivity contribution >= 4 is 35.5 Å². The Kier molecular flexibility index (Phi) is 7.96. The zero-order chi connectivity index (χ0) is 19.4. The predicted octanol–water partition coefficient (Wildman–Crippen LogP) is 5.67. The van der Waals surface area contributed by atoms with Gasteiger partial charge in [-0.3, -0.25) is 0 Å². The Morgan fingerprint density at radius 2 is 1.79 bits per heavy atom. The van der Waals surface area contributed by atoms with Crippen molar-refractivity contribution in [1.82, 2.24) is 14.4 Å². The van der Waals surface area contributed by atoms with Crippen LogP contribution >= 0.6 is 24.0 Å². The number of fused-ring (bicyclic) bond motifs is 1. The summed E-state index contributed by atoms with van der Waals surface area (Å²) in [7, 11) is 1.64. The zero-order valence-corrected chi connectivity index (χ0v) is 18.5. The standard InChI is InChI=1S/C21H27ClN4O.ClH/c1-5-10-25(11-6-2)19-14-26-13-15(7-3)23-21(26)20(24-19)17-9-8-16(27-4)12-18(17)22;/h8-9,12-14H,5-7,10-11H2,1-4H3;1H. The van der Waals surface area contributed by atoms with Crippen LogP contribution in [0.15, 0.2) is 30.6 Å². The topological polar surface area (TPSA) is 42.7 Å². The summed E-state index contributed by atoms with van der Waals surface area (Å²) >= 11 is 6.57. The number of aryl methyl sites for hydroxylation is 1. The molecule has 0 fully saturated rings. The van der Waals surface area contributed by atoms with E-state index in [4.69, 9.17) is 26.3 Å². The van der Waals surface area contributed by atoms with Gasteiger partial charge in [0.05, 0.1) is 24.0 Å². The molecule has 0 N–H and O–H groups in total. The van der Waals surface area contributed by atoms with Crippen molar-refractivity contribution in [2.75, 3.05) is 25.1 Å². The van der Waals surface area contributed by atoms with Crippen LogP contribution in [0.25, 0.3) is 16.9 Å². The highest BCUT2D eigenvalue weighted by atomic mass is 35.5. The van der Waals surface area contributed by atoms with Crippen molar-refractivity contribution in [3.63, 3.8) is 0 Å². The number of nitrogens with zero attached hydrogens (tertiary/aromatic N) is 4. The van der Waals surface area contributed by atoms with Gasteiger partial charge < -0.3 is 14.0 Å². The molecule has 0 aliphatic carbocycles. The van der Waals surface area contributed by atoms with Gasteiger partial charge in [0, 0.05) is 24.8 Å². The highest BCUT2D eigenvalue weighted by molar-refractivity contribution is 6.33. The second-order valence-electron chi connectivity index (χ2n) is 6.60. The number of rotatable bonds is 8. The van der Waals surface area contributed by atoms with Crippen molar-refractivity contribution in [1.29, 1.82) is 0 Å². The minimum absolute atomic E-state index is 0. The molecule has 152 valence electrons. The van der Waals surface area contributed by atoms with Crippen LogP contribution in [0, 0.1) is 0 Å². The van der Waals surface area contributed by atoms with E-state index in [1.54, 1.807) is 7.11 Å². The number of ether oxygens (including phenoxy) is 1. The Hall–Kier alpha value is -1.98. The second-order valence-corrected chi connectivity index (χ2v) is 7.00. The third-order valence-electron chi connectivity index (χ3n) is 4.58. The van der Waals surface area contributed by atoms with Crippen molar-refractivity contribution < 1.29 is 4.74 Å². The Morgan fingerprint density at radius 3 is 2.36 bits per heavy atom. The van der Waals surface area contributed by atoms with Gasteiger partial charge >= 0.3 is 0 Å². The number of halogens is 2. The smallest absolute Gasteiger partial charge is 0.163 e. The first kappa shape index (κ1) is 22.3. The summed E-state index contributed by atoms with van der Waals surface area (Å²) in [4.78, 5) is 12.1. The third kappa shape index (κ3) is 4.53. The fourth-order valence-corrected chi connectivity index (χ4v) is 3.49. The summed E-state index contributed by atoms with van der Waals surface area (Å²) in [6.07, 6.45) is 7.18. The van der Waals surface area contributed by atoms with Crippen molar-refractivity contribution in [2.45, 2.75) is 40.0 Å². The number of benzene rings is 1. The van der Waals surface area contributed by atoms with Gasteiger partial charge in [-0.1, -0.05) is 32.4 Å². The van der Waals surface area contributed by atoms with E-state index in [0.717, 1.165) is 66.5 Å². The average Bonchev–Trinajstić information content (AvgIpc) is 3.10. The molecule has 0 spiro atoms. The summed E-state index contributed by atoms with van der Waals surface area (Å²) in [5.74, 6) is 1.68. The van der Waals surface area contributed by atoms with Gasteiger partial charge in [0.1, 0.15) is 17.3 Å². The van der Waals surface area contributed by atoms with E-state index >= 15 is 0 Å². The Bertz CT molecular complexity index is 920. The first-order chi connectivity index (χ1) is 13.1. The Balaban J connectivity index is 0.00000280. The van der Waals surface area contributed by atoms with Gasteiger partial charge in [0.25, 0.3) is 0 Å². The maximum absolute atomic E-state index is 6.57. The molecule has 0 atom stereocenters. The minimum Gasteiger partial charge on any atom is -0.497 e. The highest BCUT2D eigenvalue weighted by Crippen LogP contribution is 2.33.